The molecule has 0 saturated heterocycles. The van der Waals surface area contributed by atoms with Crippen LogP contribution in [-0.2, 0) is 12.8 Å². The van der Waals surface area contributed by atoms with Crippen molar-refractivity contribution < 1.29 is 9.59 Å². The Hall–Kier alpha value is -5.10. The van der Waals surface area contributed by atoms with E-state index in [9.17, 15) is 9.59 Å². The van der Waals surface area contributed by atoms with E-state index in [1.54, 1.807) is 49.1 Å². The molecule has 0 aliphatic carbocycles. The van der Waals surface area contributed by atoms with E-state index in [2.05, 4.69) is 20.6 Å². The normalized spacial score (nSPS) is 10.5. The van der Waals surface area contributed by atoms with Gasteiger partial charge in [0.15, 0.2) is 0 Å². The molecule has 0 atom stereocenters. The number of benzene rings is 3. The molecule has 38 heavy (non-hydrogen) atoms. The zero-order valence-corrected chi connectivity index (χ0v) is 20.7. The van der Waals surface area contributed by atoms with Crippen molar-refractivity contribution in [2.24, 2.45) is 0 Å². The fourth-order valence-corrected chi connectivity index (χ4v) is 4.09. The average molecular weight is 499 g/mol. The molecule has 186 valence electrons. The molecule has 6 nitrogen and oxygen atoms in total. The quantitative estimate of drug-likeness (QED) is 0.268. The molecular weight excluding hydrogens is 472 g/mol. The Bertz CT molecular complexity index is 1400. The number of nitrogens with zero attached hydrogens (tertiary/aromatic N) is 2. The van der Waals surface area contributed by atoms with Crippen molar-refractivity contribution in [1.29, 1.82) is 0 Å². The summed E-state index contributed by atoms with van der Waals surface area (Å²) in [5.74, 6) is -0.552. The van der Waals surface area contributed by atoms with Crippen LogP contribution >= 0.6 is 0 Å². The van der Waals surface area contributed by atoms with Gasteiger partial charge >= 0.3 is 0 Å². The van der Waals surface area contributed by atoms with Gasteiger partial charge < -0.3 is 10.6 Å². The van der Waals surface area contributed by atoms with E-state index in [0.29, 0.717) is 22.5 Å². The summed E-state index contributed by atoms with van der Waals surface area (Å²) >= 11 is 0. The maximum Gasteiger partial charge on any atom is 0.255 e. The smallest absolute Gasteiger partial charge is 0.255 e. The number of pyridine rings is 2. The zero-order valence-electron chi connectivity index (χ0n) is 20.7. The third-order valence-corrected chi connectivity index (χ3v) is 6.13. The lowest BCUT2D eigenvalue weighted by atomic mass is 10.1. The van der Waals surface area contributed by atoms with Crippen molar-refractivity contribution >= 4 is 23.2 Å². The van der Waals surface area contributed by atoms with Crippen LogP contribution in [0.4, 0.5) is 11.4 Å². The van der Waals surface area contributed by atoms with Crippen LogP contribution in [0.25, 0.3) is 0 Å². The number of amides is 2. The number of hydrogen-bond acceptors (Lipinski definition) is 4. The largest absolute Gasteiger partial charge is 0.322 e. The number of carbonyl (C=O) groups excluding carboxylic acids is 2. The van der Waals surface area contributed by atoms with Gasteiger partial charge in [0, 0.05) is 47.3 Å². The van der Waals surface area contributed by atoms with Gasteiger partial charge in [-0.25, -0.2) is 0 Å². The van der Waals surface area contributed by atoms with Gasteiger partial charge in [-0.15, -0.1) is 0 Å². The van der Waals surface area contributed by atoms with E-state index in [1.165, 1.54) is 11.1 Å². The topological polar surface area (TPSA) is 84.0 Å². The highest BCUT2D eigenvalue weighted by Gasteiger charge is 2.12. The summed E-state index contributed by atoms with van der Waals surface area (Å²) in [4.78, 5) is 33.8. The van der Waals surface area contributed by atoms with Crippen LogP contribution in [0.2, 0.25) is 0 Å². The molecule has 0 aliphatic heterocycles. The molecule has 6 heteroatoms. The van der Waals surface area contributed by atoms with Crippen molar-refractivity contribution in [1.82, 2.24) is 9.97 Å². The van der Waals surface area contributed by atoms with E-state index < -0.39 is 0 Å². The van der Waals surface area contributed by atoms with Crippen LogP contribution < -0.4 is 10.6 Å². The zero-order chi connectivity index (χ0) is 26.2. The predicted octanol–water partition coefficient (Wildman–Crippen LogP) is 6.16. The first-order valence-corrected chi connectivity index (χ1v) is 12.3. The van der Waals surface area contributed by atoms with Gasteiger partial charge in [-0.1, -0.05) is 30.3 Å². The Morgan fingerprint density at radius 3 is 1.26 bits per heavy atom. The Balaban J connectivity index is 1.18. The van der Waals surface area contributed by atoms with Crippen LogP contribution in [0.5, 0.6) is 0 Å². The molecule has 2 amide bonds. The molecule has 0 unspecified atom stereocenters. The Labute approximate surface area is 221 Å². The van der Waals surface area contributed by atoms with Gasteiger partial charge in [-0.2, -0.15) is 0 Å². The highest BCUT2D eigenvalue weighted by Crippen LogP contribution is 2.17. The lowest BCUT2D eigenvalue weighted by Crippen LogP contribution is -2.15. The Morgan fingerprint density at radius 2 is 0.868 bits per heavy atom. The molecule has 0 saturated carbocycles. The summed E-state index contributed by atoms with van der Waals surface area (Å²) in [6, 6.07) is 30.1. The monoisotopic (exact) mass is 498 g/mol. The fourth-order valence-electron chi connectivity index (χ4n) is 4.09. The van der Waals surface area contributed by atoms with Gasteiger partial charge in [0.25, 0.3) is 11.8 Å². The molecule has 2 N–H and O–H groups in total. The van der Waals surface area contributed by atoms with Crippen molar-refractivity contribution in [3.8, 4) is 0 Å². The summed E-state index contributed by atoms with van der Waals surface area (Å²) < 4.78 is 0. The maximum atomic E-state index is 12.9. The van der Waals surface area contributed by atoms with Crippen molar-refractivity contribution in [2.45, 2.75) is 12.8 Å². The van der Waals surface area contributed by atoms with E-state index in [-0.39, 0.29) is 11.8 Å². The van der Waals surface area contributed by atoms with Crippen LogP contribution in [0, 0.1) is 0 Å². The molecule has 3 aromatic carbocycles. The van der Waals surface area contributed by atoms with Crippen LogP contribution in [0.15, 0.2) is 122 Å². The number of anilines is 2. The van der Waals surface area contributed by atoms with Gasteiger partial charge in [-0.05, 0) is 102 Å². The van der Waals surface area contributed by atoms with E-state index in [1.807, 2.05) is 72.8 Å². The number of rotatable bonds is 8. The molecule has 0 spiro atoms. The van der Waals surface area contributed by atoms with Gasteiger partial charge in [0.2, 0.25) is 0 Å². The number of aromatic nitrogens is 2. The van der Waals surface area contributed by atoms with E-state index in [4.69, 9.17) is 0 Å². The van der Waals surface area contributed by atoms with Gasteiger partial charge in [0.1, 0.15) is 0 Å². The fraction of sp³-hybridized carbons (Fsp3) is 0.0625. The molecule has 5 aromatic rings. The van der Waals surface area contributed by atoms with Gasteiger partial charge in [-0.3, -0.25) is 19.6 Å². The molecule has 0 bridgehead atoms. The van der Waals surface area contributed by atoms with Crippen LogP contribution in [0.3, 0.4) is 0 Å². The van der Waals surface area contributed by atoms with E-state index >= 15 is 0 Å². The highest BCUT2D eigenvalue weighted by molar-refractivity contribution is 6.08. The van der Waals surface area contributed by atoms with Gasteiger partial charge in [0.05, 0.1) is 0 Å². The minimum atomic E-state index is -0.276. The summed E-state index contributed by atoms with van der Waals surface area (Å²) in [5, 5.41) is 5.81. The second-order valence-corrected chi connectivity index (χ2v) is 8.95. The second-order valence-electron chi connectivity index (χ2n) is 8.95. The number of carbonyl (C=O) groups is 2. The van der Waals surface area contributed by atoms with E-state index in [0.717, 1.165) is 24.0 Å². The summed E-state index contributed by atoms with van der Waals surface area (Å²) in [7, 11) is 0. The minimum absolute atomic E-state index is 0.276. The number of hydrogen-bond donors (Lipinski definition) is 2. The van der Waals surface area contributed by atoms with Crippen molar-refractivity contribution in [2.75, 3.05) is 10.6 Å². The predicted molar refractivity (Wildman–Crippen MR) is 149 cm³/mol. The first-order valence-electron chi connectivity index (χ1n) is 12.3. The van der Waals surface area contributed by atoms with Crippen LogP contribution in [-0.4, -0.2) is 21.8 Å². The Kier molecular flexibility index (Phi) is 7.61. The third-order valence-electron chi connectivity index (χ3n) is 6.13. The lowest BCUT2D eigenvalue weighted by molar-refractivity contribution is 0.102. The molecule has 2 aromatic heterocycles. The lowest BCUT2D eigenvalue weighted by Gasteiger charge is -2.09. The number of nitrogens with one attached hydrogen (secondary N) is 2. The Morgan fingerprint density at radius 1 is 0.500 bits per heavy atom. The average Bonchev–Trinajstić information content (AvgIpc) is 2.96. The first kappa shape index (κ1) is 24.6. The summed E-state index contributed by atoms with van der Waals surface area (Å²) in [6.07, 6.45) is 8.69. The van der Waals surface area contributed by atoms with Crippen molar-refractivity contribution in [3.05, 3.63) is 155 Å². The maximum absolute atomic E-state index is 12.9. The van der Waals surface area contributed by atoms with Crippen molar-refractivity contribution in [3.63, 3.8) is 0 Å². The summed E-state index contributed by atoms with van der Waals surface area (Å²) in [6.45, 7) is 0. The highest BCUT2D eigenvalue weighted by atomic mass is 16.2. The molecule has 0 aliphatic rings. The molecule has 0 fully saturated rings. The SMILES string of the molecule is O=C(Nc1ccc(Cc2ccncc2)cc1)c1cccc(C(=O)Nc2ccc(Cc3ccncc3)cc2)c1. The third kappa shape index (κ3) is 6.56. The van der Waals surface area contributed by atoms with Crippen LogP contribution in [0.1, 0.15) is 43.0 Å². The standard InChI is InChI=1S/C32H26N4O2/c37-31(35-29-8-4-23(5-9-29)20-25-12-16-33-17-13-25)27-2-1-3-28(22-27)32(38)36-30-10-6-24(7-11-30)21-26-14-18-34-19-15-26/h1-19,22H,20-21H2,(H,35,37)(H,36,38). The summed E-state index contributed by atoms with van der Waals surface area (Å²) in [5.41, 5.74) is 6.82. The molecule has 0 radical (unpaired) electrons. The molecular formula is C32H26N4O2. The second kappa shape index (κ2) is 11.8. The molecule has 2 heterocycles. The molecule has 5 rings (SSSR count). The first-order chi connectivity index (χ1) is 18.6. The minimum Gasteiger partial charge on any atom is -0.322 e.